The first-order valence-corrected chi connectivity index (χ1v) is 9.90. The molecule has 3 aromatic rings. The molecule has 0 bridgehead atoms. The van der Waals surface area contributed by atoms with Gasteiger partial charge in [-0.05, 0) is 22.8 Å². The standard InChI is InChI=1S/C23H26N4O/c1-2-23(28)24-15-21-14-22-17-26(12-13-27(22)25-21)16-18-8-10-20(11-9-18)19-6-4-3-5-7-19/h3-11,14H,2,12-13,15-17H2,1H3,(H,24,28). The second-order valence-electron chi connectivity index (χ2n) is 7.25. The van der Waals surface area contributed by atoms with E-state index in [4.69, 9.17) is 0 Å². The molecule has 1 N–H and O–H groups in total. The predicted octanol–water partition coefficient (Wildman–Crippen LogP) is 3.59. The van der Waals surface area contributed by atoms with Gasteiger partial charge in [-0.2, -0.15) is 5.10 Å². The number of carbonyl (C=O) groups excluding carboxylic acids is 1. The average Bonchev–Trinajstić information content (AvgIpc) is 3.15. The molecule has 0 saturated heterocycles. The van der Waals surface area contributed by atoms with Gasteiger partial charge >= 0.3 is 0 Å². The summed E-state index contributed by atoms with van der Waals surface area (Å²) in [5, 5.41) is 7.52. The van der Waals surface area contributed by atoms with Crippen LogP contribution in [0.5, 0.6) is 0 Å². The van der Waals surface area contributed by atoms with Gasteiger partial charge in [0.1, 0.15) is 0 Å². The zero-order valence-corrected chi connectivity index (χ0v) is 16.3. The third-order valence-electron chi connectivity index (χ3n) is 5.18. The summed E-state index contributed by atoms with van der Waals surface area (Å²) in [6, 6.07) is 21.4. The first-order valence-electron chi connectivity index (χ1n) is 9.90. The summed E-state index contributed by atoms with van der Waals surface area (Å²) in [5.41, 5.74) is 5.97. The highest BCUT2D eigenvalue weighted by atomic mass is 16.1. The zero-order valence-electron chi connectivity index (χ0n) is 16.3. The molecule has 0 radical (unpaired) electrons. The Bertz CT molecular complexity index is 931. The van der Waals surface area contributed by atoms with E-state index in [1.54, 1.807) is 0 Å². The van der Waals surface area contributed by atoms with Crippen molar-refractivity contribution in [3.63, 3.8) is 0 Å². The van der Waals surface area contributed by atoms with Crippen molar-refractivity contribution >= 4 is 5.91 Å². The Hall–Kier alpha value is -2.92. The van der Waals surface area contributed by atoms with E-state index in [9.17, 15) is 4.79 Å². The van der Waals surface area contributed by atoms with Gasteiger partial charge in [0.05, 0.1) is 24.5 Å². The molecule has 0 fully saturated rings. The third-order valence-corrected chi connectivity index (χ3v) is 5.18. The van der Waals surface area contributed by atoms with E-state index in [0.29, 0.717) is 13.0 Å². The second kappa shape index (κ2) is 8.40. The average molecular weight is 374 g/mol. The van der Waals surface area contributed by atoms with E-state index in [1.807, 2.05) is 13.0 Å². The monoisotopic (exact) mass is 374 g/mol. The van der Waals surface area contributed by atoms with Crippen molar-refractivity contribution in [2.24, 2.45) is 0 Å². The Morgan fingerprint density at radius 3 is 2.54 bits per heavy atom. The maximum Gasteiger partial charge on any atom is 0.220 e. The minimum Gasteiger partial charge on any atom is -0.350 e. The molecule has 0 aliphatic carbocycles. The lowest BCUT2D eigenvalue weighted by Crippen LogP contribution is -2.33. The maximum atomic E-state index is 11.4. The quantitative estimate of drug-likeness (QED) is 0.717. The first-order chi connectivity index (χ1) is 13.7. The number of hydrogen-bond acceptors (Lipinski definition) is 3. The summed E-state index contributed by atoms with van der Waals surface area (Å²) in [6.07, 6.45) is 0.504. The maximum absolute atomic E-state index is 11.4. The lowest BCUT2D eigenvalue weighted by atomic mass is 10.0. The second-order valence-corrected chi connectivity index (χ2v) is 7.25. The Balaban J connectivity index is 1.37. The largest absolute Gasteiger partial charge is 0.350 e. The highest BCUT2D eigenvalue weighted by molar-refractivity contribution is 5.75. The van der Waals surface area contributed by atoms with E-state index < -0.39 is 0 Å². The molecule has 0 spiro atoms. The molecule has 2 heterocycles. The summed E-state index contributed by atoms with van der Waals surface area (Å²) < 4.78 is 2.07. The fourth-order valence-electron chi connectivity index (χ4n) is 3.61. The molecule has 5 heteroatoms. The smallest absolute Gasteiger partial charge is 0.220 e. The fourth-order valence-corrected chi connectivity index (χ4v) is 3.61. The van der Waals surface area contributed by atoms with Gasteiger partial charge in [-0.1, -0.05) is 61.5 Å². The van der Waals surface area contributed by atoms with Crippen LogP contribution >= 0.6 is 0 Å². The number of aromatic nitrogens is 2. The third kappa shape index (κ3) is 4.31. The van der Waals surface area contributed by atoms with Crippen LogP contribution < -0.4 is 5.32 Å². The first kappa shape index (κ1) is 18.4. The molecular formula is C23H26N4O. The van der Waals surface area contributed by atoms with E-state index >= 15 is 0 Å². The normalized spacial score (nSPS) is 13.9. The van der Waals surface area contributed by atoms with Crippen molar-refractivity contribution in [2.75, 3.05) is 6.54 Å². The van der Waals surface area contributed by atoms with E-state index in [2.05, 4.69) is 74.6 Å². The molecule has 1 aliphatic heterocycles. The van der Waals surface area contributed by atoms with Gasteiger partial charge in [0.2, 0.25) is 5.91 Å². The summed E-state index contributed by atoms with van der Waals surface area (Å²) >= 11 is 0. The van der Waals surface area contributed by atoms with Crippen LogP contribution in [0.25, 0.3) is 11.1 Å². The van der Waals surface area contributed by atoms with Crippen LogP contribution in [0.4, 0.5) is 0 Å². The molecule has 5 nitrogen and oxygen atoms in total. The molecule has 0 atom stereocenters. The van der Waals surface area contributed by atoms with Gasteiger partial charge in [0.15, 0.2) is 0 Å². The van der Waals surface area contributed by atoms with Crippen LogP contribution in [0, 0.1) is 0 Å². The molecule has 0 saturated carbocycles. The number of nitrogens with zero attached hydrogens (tertiary/aromatic N) is 3. The molecule has 1 amide bonds. The summed E-state index contributed by atoms with van der Waals surface area (Å²) in [4.78, 5) is 13.9. The van der Waals surface area contributed by atoms with E-state index in [0.717, 1.165) is 31.9 Å². The van der Waals surface area contributed by atoms with Crippen molar-refractivity contribution in [1.29, 1.82) is 0 Å². The number of benzene rings is 2. The summed E-state index contributed by atoms with van der Waals surface area (Å²) in [6.45, 7) is 6.05. The van der Waals surface area contributed by atoms with Crippen LogP contribution in [0.2, 0.25) is 0 Å². The van der Waals surface area contributed by atoms with Crippen LogP contribution in [-0.2, 0) is 31.0 Å². The highest BCUT2D eigenvalue weighted by Crippen LogP contribution is 2.21. The zero-order chi connectivity index (χ0) is 19.3. The van der Waals surface area contributed by atoms with Crippen LogP contribution in [0.1, 0.15) is 30.3 Å². The van der Waals surface area contributed by atoms with Crippen molar-refractivity contribution in [1.82, 2.24) is 20.0 Å². The number of hydrogen-bond donors (Lipinski definition) is 1. The lowest BCUT2D eigenvalue weighted by molar-refractivity contribution is -0.120. The van der Waals surface area contributed by atoms with Gasteiger partial charge in [-0.3, -0.25) is 14.4 Å². The molecule has 28 heavy (non-hydrogen) atoms. The van der Waals surface area contributed by atoms with Crippen molar-refractivity contribution in [3.8, 4) is 11.1 Å². The number of nitrogens with one attached hydrogen (secondary N) is 1. The molecular weight excluding hydrogens is 348 g/mol. The van der Waals surface area contributed by atoms with Crippen molar-refractivity contribution < 1.29 is 4.79 Å². The topological polar surface area (TPSA) is 50.2 Å². The lowest BCUT2D eigenvalue weighted by Gasteiger charge is -2.27. The minimum atomic E-state index is 0.0616. The van der Waals surface area contributed by atoms with Gasteiger partial charge in [-0.15, -0.1) is 0 Å². The Labute approximate surface area is 166 Å². The van der Waals surface area contributed by atoms with Gasteiger partial charge < -0.3 is 5.32 Å². The number of amides is 1. The van der Waals surface area contributed by atoms with E-state index in [1.165, 1.54) is 22.4 Å². The molecule has 4 rings (SSSR count). The van der Waals surface area contributed by atoms with Crippen LogP contribution in [-0.4, -0.2) is 27.1 Å². The van der Waals surface area contributed by atoms with Gasteiger partial charge in [0.25, 0.3) is 0 Å². The number of fused-ring (bicyclic) bond motifs is 1. The Morgan fingerprint density at radius 1 is 1.04 bits per heavy atom. The molecule has 0 unspecified atom stereocenters. The molecule has 144 valence electrons. The minimum absolute atomic E-state index is 0.0616. The Kier molecular flexibility index (Phi) is 5.53. The van der Waals surface area contributed by atoms with Crippen molar-refractivity contribution in [3.05, 3.63) is 77.6 Å². The molecule has 1 aromatic heterocycles. The SMILES string of the molecule is CCC(=O)NCc1cc2n(n1)CCN(Cc1ccc(-c3ccccc3)cc1)C2. The van der Waals surface area contributed by atoms with Crippen molar-refractivity contribution in [2.45, 2.75) is 39.5 Å². The molecule has 2 aromatic carbocycles. The predicted molar refractivity (Wildman–Crippen MR) is 110 cm³/mol. The van der Waals surface area contributed by atoms with Gasteiger partial charge in [0, 0.05) is 26.1 Å². The van der Waals surface area contributed by atoms with Gasteiger partial charge in [-0.25, -0.2) is 0 Å². The van der Waals surface area contributed by atoms with Crippen LogP contribution in [0.3, 0.4) is 0 Å². The highest BCUT2D eigenvalue weighted by Gasteiger charge is 2.18. The van der Waals surface area contributed by atoms with E-state index in [-0.39, 0.29) is 5.91 Å². The fraction of sp³-hybridized carbons (Fsp3) is 0.304. The van der Waals surface area contributed by atoms with Crippen LogP contribution in [0.15, 0.2) is 60.7 Å². The summed E-state index contributed by atoms with van der Waals surface area (Å²) in [7, 11) is 0. The summed E-state index contributed by atoms with van der Waals surface area (Å²) in [5.74, 6) is 0.0616. The number of rotatable bonds is 6. The molecule has 1 aliphatic rings. The number of carbonyl (C=O) groups is 1. The Morgan fingerprint density at radius 2 is 1.79 bits per heavy atom.